The molecule has 0 radical (unpaired) electrons. The van der Waals surface area contributed by atoms with Crippen molar-refractivity contribution in [3.8, 4) is 5.75 Å². The summed E-state index contributed by atoms with van der Waals surface area (Å²) in [4.78, 5) is 0. The van der Waals surface area contributed by atoms with Crippen LogP contribution in [-0.2, 0) is 0 Å². The molecule has 0 fully saturated rings. The van der Waals surface area contributed by atoms with E-state index in [2.05, 4.69) is 33.9 Å². The maximum absolute atomic E-state index is 6.11. The third kappa shape index (κ3) is 2.99. The Kier molecular flexibility index (Phi) is 3.14. The van der Waals surface area contributed by atoms with Crippen molar-refractivity contribution >= 4 is 14.0 Å². The highest BCUT2D eigenvalue weighted by molar-refractivity contribution is 6.74. The molecule has 1 rings (SSSR count). The molecule has 0 spiro atoms. The van der Waals surface area contributed by atoms with Gasteiger partial charge in [-0.2, -0.15) is 0 Å². The van der Waals surface area contributed by atoms with E-state index in [0.717, 1.165) is 11.4 Å². The molecular weight excluding hydrogens is 202 g/mol. The lowest BCUT2D eigenvalue weighted by atomic mass is 10.2. The predicted molar refractivity (Wildman–Crippen MR) is 68.7 cm³/mol. The van der Waals surface area contributed by atoms with Crippen molar-refractivity contribution in [2.24, 2.45) is 0 Å². The molecule has 0 aliphatic heterocycles. The van der Waals surface area contributed by atoms with E-state index in [9.17, 15) is 0 Å². The largest absolute Gasteiger partial charge is 0.689 e. The van der Waals surface area contributed by atoms with Gasteiger partial charge in [0.2, 0.25) is 0 Å². The van der Waals surface area contributed by atoms with Crippen LogP contribution in [0.25, 0.3) is 0 Å². The van der Waals surface area contributed by atoms with Crippen molar-refractivity contribution in [1.29, 1.82) is 0 Å². The van der Waals surface area contributed by atoms with Crippen molar-refractivity contribution in [2.75, 3.05) is 5.73 Å². The van der Waals surface area contributed by atoms with E-state index in [1.165, 1.54) is 0 Å². The van der Waals surface area contributed by atoms with Crippen LogP contribution in [0.1, 0.15) is 20.8 Å². The fourth-order valence-corrected chi connectivity index (χ4v) is 2.05. The Balaban J connectivity index is 2.87. The molecule has 0 heterocycles. The summed E-state index contributed by atoms with van der Waals surface area (Å²) >= 11 is 0. The molecule has 0 aromatic heterocycles. The number of nitrogen functional groups attached to an aromatic ring is 1. The molecule has 3 heteroatoms. The standard InChI is InChI=1S/C12H21NOSi/c1-12(2,3)15(4,5)14-11-8-6-7-10(13)9-11/h6-9H,13H2,1-5H3/q-1. The van der Waals surface area contributed by atoms with Crippen LogP contribution in [-0.4, -0.2) is 8.32 Å². The molecule has 0 amide bonds. The number of nitrogens with two attached hydrogens (primary N) is 1. The highest BCUT2D eigenvalue weighted by Gasteiger charge is 2.26. The fourth-order valence-electron chi connectivity index (χ4n) is 1.03. The van der Waals surface area contributed by atoms with Crippen LogP contribution in [0.15, 0.2) is 24.3 Å². The zero-order chi connectivity index (χ0) is 11.7. The summed E-state index contributed by atoms with van der Waals surface area (Å²) in [5.74, 6) is 0.890. The molecule has 2 N–H and O–H groups in total. The first-order chi connectivity index (χ1) is 6.72. The Bertz CT molecular complexity index is 342. The Morgan fingerprint density at radius 1 is 1.20 bits per heavy atom. The third-order valence-electron chi connectivity index (χ3n) is 3.04. The van der Waals surface area contributed by atoms with Gasteiger partial charge in [-0.1, -0.05) is 26.8 Å². The van der Waals surface area contributed by atoms with Gasteiger partial charge in [-0.15, -0.1) is 18.1 Å². The third-order valence-corrected chi connectivity index (χ3v) is 7.40. The topological polar surface area (TPSA) is 35.2 Å². The minimum atomic E-state index is -1.72. The minimum absolute atomic E-state index is 0.220. The molecule has 1 aromatic carbocycles. The average molecular weight is 223 g/mol. The van der Waals surface area contributed by atoms with Gasteiger partial charge in [-0.05, 0) is 18.2 Å². The average Bonchev–Trinajstić information content (AvgIpc) is 2.00. The predicted octanol–water partition coefficient (Wildman–Crippen LogP) is 3.65. The van der Waals surface area contributed by atoms with Crippen LogP contribution >= 0.6 is 0 Å². The van der Waals surface area contributed by atoms with Gasteiger partial charge in [0.15, 0.2) is 0 Å². The molecule has 0 saturated heterocycles. The van der Waals surface area contributed by atoms with Crippen LogP contribution in [0.4, 0.5) is 5.69 Å². The molecule has 0 aliphatic rings. The second-order valence-electron chi connectivity index (χ2n) is 5.43. The Hall–Kier alpha value is -0.963. The van der Waals surface area contributed by atoms with E-state index in [1.807, 2.05) is 24.3 Å². The second kappa shape index (κ2) is 3.89. The van der Waals surface area contributed by atoms with Crippen molar-refractivity contribution in [3.05, 3.63) is 24.3 Å². The quantitative estimate of drug-likeness (QED) is 0.613. The second-order valence-corrected chi connectivity index (χ2v) is 10.2. The highest BCUT2D eigenvalue weighted by Crippen LogP contribution is 2.37. The zero-order valence-corrected chi connectivity index (χ0v) is 11.3. The van der Waals surface area contributed by atoms with Crippen LogP contribution in [0.3, 0.4) is 0 Å². The summed E-state index contributed by atoms with van der Waals surface area (Å²) < 4.78 is 6.11. The number of hydrogen-bond acceptors (Lipinski definition) is 2. The number of rotatable bonds is 2. The van der Waals surface area contributed by atoms with E-state index < -0.39 is 8.32 Å². The Morgan fingerprint density at radius 2 is 1.80 bits per heavy atom. The normalized spacial score (nSPS) is 12.6. The molecular formula is C12H21NOSi-. The first kappa shape index (κ1) is 12.1. The summed E-state index contributed by atoms with van der Waals surface area (Å²) in [6.07, 6.45) is 0. The SMILES string of the molecule is CC(C)(C)[Si-](C)(C)Oc1cccc(N)c1. The molecule has 0 unspecified atom stereocenters. The molecule has 85 valence electrons. The van der Waals surface area contributed by atoms with Crippen molar-refractivity contribution < 1.29 is 4.43 Å². The van der Waals surface area contributed by atoms with E-state index >= 15 is 0 Å². The lowest BCUT2D eigenvalue weighted by Gasteiger charge is -2.48. The van der Waals surface area contributed by atoms with Crippen molar-refractivity contribution in [3.63, 3.8) is 0 Å². The van der Waals surface area contributed by atoms with E-state index in [4.69, 9.17) is 10.2 Å². The van der Waals surface area contributed by atoms with Crippen molar-refractivity contribution in [1.82, 2.24) is 0 Å². The van der Waals surface area contributed by atoms with Crippen molar-refractivity contribution in [2.45, 2.75) is 38.9 Å². The van der Waals surface area contributed by atoms with Gasteiger partial charge in [0, 0.05) is 14.0 Å². The van der Waals surface area contributed by atoms with Gasteiger partial charge in [0.1, 0.15) is 0 Å². The molecule has 0 bridgehead atoms. The Labute approximate surface area is 93.6 Å². The molecule has 1 aromatic rings. The van der Waals surface area contributed by atoms with Gasteiger partial charge in [-0.3, -0.25) is 0 Å². The van der Waals surface area contributed by atoms with E-state index in [0.29, 0.717) is 0 Å². The van der Waals surface area contributed by atoms with Crippen LogP contribution in [0.2, 0.25) is 18.1 Å². The highest BCUT2D eigenvalue weighted by atomic mass is 28.4. The smallest absolute Gasteiger partial charge is 0.0743 e. The number of benzene rings is 1. The summed E-state index contributed by atoms with van der Waals surface area (Å²) in [5, 5.41) is 0.220. The number of anilines is 1. The van der Waals surface area contributed by atoms with E-state index in [1.54, 1.807) is 0 Å². The zero-order valence-electron chi connectivity index (χ0n) is 10.3. The molecule has 2 nitrogen and oxygen atoms in total. The Morgan fingerprint density at radius 3 is 2.27 bits per heavy atom. The van der Waals surface area contributed by atoms with Gasteiger partial charge < -0.3 is 10.2 Å². The van der Waals surface area contributed by atoms with E-state index in [-0.39, 0.29) is 5.04 Å². The van der Waals surface area contributed by atoms with Gasteiger partial charge in [-0.25, -0.2) is 0 Å². The minimum Gasteiger partial charge on any atom is -0.689 e. The molecule has 0 atom stereocenters. The monoisotopic (exact) mass is 223 g/mol. The summed E-state index contributed by atoms with van der Waals surface area (Å²) in [6, 6.07) is 7.66. The first-order valence-electron chi connectivity index (χ1n) is 5.27. The maximum atomic E-state index is 6.11. The molecule has 15 heavy (non-hydrogen) atoms. The first-order valence-corrected chi connectivity index (χ1v) is 8.18. The molecule has 0 saturated carbocycles. The lowest BCUT2D eigenvalue weighted by molar-refractivity contribution is 0.492. The van der Waals surface area contributed by atoms with Gasteiger partial charge in [0.05, 0.1) is 5.75 Å². The van der Waals surface area contributed by atoms with Gasteiger partial charge in [0.25, 0.3) is 0 Å². The van der Waals surface area contributed by atoms with Gasteiger partial charge >= 0.3 is 0 Å². The summed E-state index contributed by atoms with van der Waals surface area (Å²) in [7, 11) is -1.72. The number of hydrogen-bond donors (Lipinski definition) is 1. The summed E-state index contributed by atoms with van der Waals surface area (Å²) in [6.45, 7) is 11.1. The lowest BCUT2D eigenvalue weighted by Crippen LogP contribution is -2.43. The fraction of sp³-hybridized carbons (Fsp3) is 0.500. The van der Waals surface area contributed by atoms with Crippen LogP contribution < -0.4 is 10.2 Å². The van der Waals surface area contributed by atoms with Crippen LogP contribution in [0.5, 0.6) is 5.75 Å². The summed E-state index contributed by atoms with van der Waals surface area (Å²) in [5.41, 5.74) is 6.48. The van der Waals surface area contributed by atoms with Crippen LogP contribution in [0, 0.1) is 0 Å². The molecule has 0 aliphatic carbocycles. The maximum Gasteiger partial charge on any atom is 0.0743 e.